The molecule has 3 N–H and O–H groups in total. The van der Waals surface area contributed by atoms with Gasteiger partial charge in [0.15, 0.2) is 0 Å². The quantitative estimate of drug-likeness (QED) is 0.558. The third kappa shape index (κ3) is 12.8. The molecule has 0 aliphatic heterocycles. The molecule has 0 aromatic heterocycles. The first-order valence-electron chi connectivity index (χ1n) is 6.85. The zero-order chi connectivity index (χ0) is 13.6. The van der Waals surface area contributed by atoms with Crippen LogP contribution < -0.4 is 11.1 Å². The van der Waals surface area contributed by atoms with Crippen molar-refractivity contribution in [3.8, 4) is 0 Å². The number of hydrogen-bond acceptors (Lipinski definition) is 3. The predicted molar refractivity (Wildman–Crippen MR) is 71.2 cm³/mol. The van der Waals surface area contributed by atoms with Gasteiger partial charge in [-0.05, 0) is 19.3 Å². The summed E-state index contributed by atoms with van der Waals surface area (Å²) in [5.41, 5.74) is 5.04. The Morgan fingerprint density at radius 3 is 2.39 bits per heavy atom. The van der Waals surface area contributed by atoms with E-state index in [2.05, 4.69) is 12.2 Å². The summed E-state index contributed by atoms with van der Waals surface area (Å²) >= 11 is 0. The number of carbonyl (C=O) groups is 2. The number of rotatable bonds is 11. The number of ether oxygens (including phenoxy) is 1. The Bertz CT molecular complexity index is 232. The molecule has 0 aliphatic carbocycles. The predicted octanol–water partition coefficient (Wildman–Crippen LogP) is 2.34. The maximum Gasteiger partial charge on any atom is 0.407 e. The lowest BCUT2D eigenvalue weighted by molar-refractivity contribution is -0.118. The lowest BCUT2D eigenvalue weighted by atomic mass is 10.1. The van der Waals surface area contributed by atoms with Gasteiger partial charge in [-0.25, -0.2) is 4.79 Å². The van der Waals surface area contributed by atoms with Gasteiger partial charge < -0.3 is 15.8 Å². The molecule has 0 aromatic carbocycles. The highest BCUT2D eigenvalue weighted by Crippen LogP contribution is 2.04. The highest BCUT2D eigenvalue weighted by atomic mass is 16.5. The van der Waals surface area contributed by atoms with Crippen LogP contribution in [-0.2, 0) is 9.53 Å². The lowest BCUT2D eigenvalue weighted by Crippen LogP contribution is -2.25. The summed E-state index contributed by atoms with van der Waals surface area (Å²) in [6, 6.07) is 0. The van der Waals surface area contributed by atoms with Crippen LogP contribution in [0.25, 0.3) is 0 Å². The van der Waals surface area contributed by atoms with Gasteiger partial charge in [-0.3, -0.25) is 4.79 Å². The van der Waals surface area contributed by atoms with Crippen molar-refractivity contribution in [1.29, 1.82) is 0 Å². The monoisotopic (exact) mass is 258 g/mol. The van der Waals surface area contributed by atoms with Crippen LogP contribution >= 0.6 is 0 Å². The zero-order valence-electron chi connectivity index (χ0n) is 11.4. The third-order valence-electron chi connectivity index (χ3n) is 2.60. The van der Waals surface area contributed by atoms with Crippen LogP contribution in [0, 0.1) is 0 Å². The van der Waals surface area contributed by atoms with Gasteiger partial charge in [0.2, 0.25) is 5.91 Å². The average molecular weight is 258 g/mol. The third-order valence-corrected chi connectivity index (χ3v) is 2.60. The summed E-state index contributed by atoms with van der Waals surface area (Å²) in [7, 11) is 0. The molecule has 0 saturated heterocycles. The number of unbranched alkanes of at least 4 members (excludes halogenated alkanes) is 5. The van der Waals surface area contributed by atoms with Crippen molar-refractivity contribution in [2.45, 2.75) is 58.3 Å². The van der Waals surface area contributed by atoms with Crippen molar-refractivity contribution >= 4 is 12.0 Å². The van der Waals surface area contributed by atoms with Gasteiger partial charge in [-0.1, -0.05) is 32.6 Å². The van der Waals surface area contributed by atoms with Gasteiger partial charge in [-0.15, -0.1) is 0 Å². The number of amides is 2. The van der Waals surface area contributed by atoms with Crippen LogP contribution in [0.15, 0.2) is 0 Å². The number of nitrogens with one attached hydrogen (secondary N) is 1. The Morgan fingerprint density at radius 1 is 1.06 bits per heavy atom. The van der Waals surface area contributed by atoms with Crippen LogP contribution in [0.4, 0.5) is 4.79 Å². The van der Waals surface area contributed by atoms with E-state index < -0.39 is 0 Å². The van der Waals surface area contributed by atoms with Crippen LogP contribution in [0.3, 0.4) is 0 Å². The summed E-state index contributed by atoms with van der Waals surface area (Å²) in [6.07, 6.45) is 7.03. The maximum absolute atomic E-state index is 11.1. The van der Waals surface area contributed by atoms with E-state index in [0.29, 0.717) is 19.6 Å². The van der Waals surface area contributed by atoms with Crippen LogP contribution in [-0.4, -0.2) is 25.2 Å². The molecule has 0 rings (SSSR count). The van der Waals surface area contributed by atoms with Crippen molar-refractivity contribution in [1.82, 2.24) is 5.32 Å². The van der Waals surface area contributed by atoms with Crippen LogP contribution in [0.2, 0.25) is 0 Å². The molecule has 5 heteroatoms. The molecule has 0 radical (unpaired) electrons. The number of nitrogens with two attached hydrogens (primary N) is 1. The standard InChI is InChI=1S/C13H26N2O3/c1-2-3-11-18-13(17)15-10-8-6-4-5-7-9-12(14)16/h2-11H2,1H3,(H2,14,16)(H,15,17). The molecule has 0 aromatic rings. The van der Waals surface area contributed by atoms with Gasteiger partial charge in [0, 0.05) is 13.0 Å². The summed E-state index contributed by atoms with van der Waals surface area (Å²) in [6.45, 7) is 3.20. The molecule has 0 unspecified atom stereocenters. The first kappa shape index (κ1) is 16.7. The van der Waals surface area contributed by atoms with E-state index >= 15 is 0 Å². The highest BCUT2D eigenvalue weighted by Gasteiger charge is 2.00. The SMILES string of the molecule is CCCCOC(=O)NCCCCCCCC(N)=O. The van der Waals surface area contributed by atoms with Crippen LogP contribution in [0.1, 0.15) is 58.3 Å². The summed E-state index contributed by atoms with van der Waals surface area (Å²) < 4.78 is 4.95. The second kappa shape index (κ2) is 12.2. The minimum atomic E-state index is -0.322. The minimum Gasteiger partial charge on any atom is -0.450 e. The molecule has 0 fully saturated rings. The van der Waals surface area contributed by atoms with Crippen LogP contribution in [0.5, 0.6) is 0 Å². The fourth-order valence-electron chi connectivity index (χ4n) is 1.51. The number of primary amides is 1. The Kier molecular flexibility index (Phi) is 11.3. The summed E-state index contributed by atoms with van der Waals surface area (Å²) in [5.74, 6) is -0.230. The molecule has 0 bridgehead atoms. The maximum atomic E-state index is 11.1. The van der Waals surface area contributed by atoms with Gasteiger partial charge in [0.1, 0.15) is 0 Å². The van der Waals surface area contributed by atoms with Gasteiger partial charge in [0.25, 0.3) is 0 Å². The molecular formula is C13H26N2O3. The minimum absolute atomic E-state index is 0.230. The van der Waals surface area contributed by atoms with Crippen molar-refractivity contribution in [3.05, 3.63) is 0 Å². The summed E-state index contributed by atoms with van der Waals surface area (Å²) in [5, 5.41) is 2.72. The Labute approximate surface area is 109 Å². The van der Waals surface area contributed by atoms with E-state index in [1.54, 1.807) is 0 Å². The number of alkyl carbamates (subject to hydrolysis) is 1. The topological polar surface area (TPSA) is 81.4 Å². The van der Waals surface area contributed by atoms with E-state index in [-0.39, 0.29) is 12.0 Å². The van der Waals surface area contributed by atoms with Gasteiger partial charge in [0.05, 0.1) is 6.61 Å². The largest absolute Gasteiger partial charge is 0.450 e. The molecule has 106 valence electrons. The summed E-state index contributed by atoms with van der Waals surface area (Å²) in [4.78, 5) is 21.6. The second-order valence-electron chi connectivity index (χ2n) is 4.40. The molecule has 0 aliphatic rings. The molecule has 2 amide bonds. The smallest absolute Gasteiger partial charge is 0.407 e. The van der Waals surface area contributed by atoms with E-state index in [4.69, 9.17) is 10.5 Å². The molecule has 0 saturated carbocycles. The fourth-order valence-corrected chi connectivity index (χ4v) is 1.51. The number of carbonyl (C=O) groups excluding carboxylic acids is 2. The first-order chi connectivity index (χ1) is 8.66. The fraction of sp³-hybridized carbons (Fsp3) is 0.846. The van der Waals surface area contributed by atoms with E-state index in [0.717, 1.165) is 44.9 Å². The van der Waals surface area contributed by atoms with Crippen molar-refractivity contribution in [2.75, 3.05) is 13.2 Å². The van der Waals surface area contributed by atoms with Crippen molar-refractivity contribution < 1.29 is 14.3 Å². The van der Waals surface area contributed by atoms with E-state index in [1.807, 2.05) is 0 Å². The Morgan fingerprint density at radius 2 is 1.72 bits per heavy atom. The second-order valence-corrected chi connectivity index (χ2v) is 4.40. The van der Waals surface area contributed by atoms with E-state index in [1.165, 1.54) is 0 Å². The number of hydrogen-bond donors (Lipinski definition) is 2. The lowest BCUT2D eigenvalue weighted by Gasteiger charge is -2.06. The van der Waals surface area contributed by atoms with E-state index in [9.17, 15) is 9.59 Å². The van der Waals surface area contributed by atoms with Gasteiger partial charge in [-0.2, -0.15) is 0 Å². The molecule has 0 atom stereocenters. The van der Waals surface area contributed by atoms with Crippen molar-refractivity contribution in [3.63, 3.8) is 0 Å². The highest BCUT2D eigenvalue weighted by molar-refractivity contribution is 5.73. The Hall–Kier alpha value is -1.26. The first-order valence-corrected chi connectivity index (χ1v) is 6.85. The molecule has 18 heavy (non-hydrogen) atoms. The molecule has 0 heterocycles. The molecule has 5 nitrogen and oxygen atoms in total. The zero-order valence-corrected chi connectivity index (χ0v) is 11.4. The Balaban J connectivity index is 3.15. The normalized spacial score (nSPS) is 10.1. The molecule has 0 spiro atoms. The average Bonchev–Trinajstić information content (AvgIpc) is 2.32. The van der Waals surface area contributed by atoms with Gasteiger partial charge >= 0.3 is 6.09 Å². The molecular weight excluding hydrogens is 232 g/mol. The van der Waals surface area contributed by atoms with Crippen molar-refractivity contribution in [2.24, 2.45) is 5.73 Å².